The molecule has 1 saturated heterocycles. The summed E-state index contributed by atoms with van der Waals surface area (Å²) in [6, 6.07) is 3.12. The maximum absolute atomic E-state index is 13.0. The maximum Gasteiger partial charge on any atom is 0.332 e. The summed E-state index contributed by atoms with van der Waals surface area (Å²) in [6.07, 6.45) is 0. The van der Waals surface area contributed by atoms with Gasteiger partial charge in [0, 0.05) is 6.92 Å². The van der Waals surface area contributed by atoms with Gasteiger partial charge in [-0.3, -0.25) is 24.1 Å². The van der Waals surface area contributed by atoms with Crippen LogP contribution in [0.4, 0.5) is 0 Å². The molecule has 2 aliphatic heterocycles. The number of esters is 1. The summed E-state index contributed by atoms with van der Waals surface area (Å²) in [5, 5.41) is -1.47. The van der Waals surface area contributed by atoms with E-state index >= 15 is 0 Å². The van der Waals surface area contributed by atoms with Gasteiger partial charge in [-0.25, -0.2) is 9.00 Å². The van der Waals surface area contributed by atoms with Gasteiger partial charge in [0.25, 0.3) is 17.7 Å². The van der Waals surface area contributed by atoms with Gasteiger partial charge in [-0.1, -0.05) is 18.7 Å². The molecule has 2 aliphatic rings. The zero-order chi connectivity index (χ0) is 22.3. The number of amides is 3. The van der Waals surface area contributed by atoms with E-state index in [-0.39, 0.29) is 16.7 Å². The van der Waals surface area contributed by atoms with Crippen molar-refractivity contribution in [3.8, 4) is 0 Å². The van der Waals surface area contributed by atoms with Gasteiger partial charge in [0.05, 0.1) is 18.2 Å². The number of imide groups is 1. The van der Waals surface area contributed by atoms with Crippen LogP contribution in [0, 0.1) is 0 Å². The lowest BCUT2D eigenvalue weighted by molar-refractivity contribution is -0.163. The zero-order valence-corrected chi connectivity index (χ0v) is 17.1. The first kappa shape index (κ1) is 21.4. The zero-order valence-electron chi connectivity index (χ0n) is 16.3. The van der Waals surface area contributed by atoms with E-state index in [0.29, 0.717) is 4.90 Å². The highest BCUT2D eigenvalue weighted by Gasteiger charge is 2.62. The Morgan fingerprint density at radius 3 is 2.07 bits per heavy atom. The minimum Gasteiger partial charge on any atom is -0.467 e. The molecule has 30 heavy (non-hydrogen) atoms. The molecular formula is C19H18N2O8S. The quantitative estimate of drug-likeness (QED) is 0.268. The van der Waals surface area contributed by atoms with E-state index in [9.17, 15) is 28.2 Å². The highest BCUT2D eigenvalue weighted by atomic mass is 32.2. The average Bonchev–Trinajstić information content (AvgIpc) is 2.93. The Kier molecular flexibility index (Phi) is 5.57. The third kappa shape index (κ3) is 3.20. The number of methoxy groups -OCH3 is 1. The van der Waals surface area contributed by atoms with Crippen molar-refractivity contribution in [1.82, 2.24) is 9.80 Å². The van der Waals surface area contributed by atoms with Gasteiger partial charge >= 0.3 is 11.9 Å². The number of fused-ring (bicyclic) bond motifs is 1. The summed E-state index contributed by atoms with van der Waals surface area (Å²) in [7, 11) is 1.10. The number of rotatable bonds is 6. The maximum atomic E-state index is 13.0. The van der Waals surface area contributed by atoms with Crippen molar-refractivity contribution >= 4 is 40.7 Å². The molecular weight excluding hydrogens is 416 g/mol. The van der Waals surface area contributed by atoms with E-state index < -0.39 is 58.2 Å². The SMILES string of the molecule is C=C(C)[C@H](C(=O)OC)N1C(=O)C(N2C(=O)c3ccccc3C2=O)C1S(=O)OC(C)=O. The van der Waals surface area contributed by atoms with Crippen LogP contribution in [-0.4, -0.2) is 68.2 Å². The second-order valence-corrected chi connectivity index (χ2v) is 7.88. The molecule has 11 heteroatoms. The largest absolute Gasteiger partial charge is 0.467 e. The third-order valence-corrected chi connectivity index (χ3v) is 6.00. The number of ether oxygens (including phenoxy) is 1. The molecule has 158 valence electrons. The fraction of sp³-hybridized carbons (Fsp3) is 0.316. The Morgan fingerprint density at radius 1 is 1.10 bits per heavy atom. The normalized spacial score (nSPS) is 22.2. The topological polar surface area (TPSA) is 127 Å². The number of β-lactam (4-membered cyclic amide) rings is 1. The molecule has 1 aromatic carbocycles. The molecule has 0 saturated carbocycles. The third-order valence-electron chi connectivity index (χ3n) is 4.72. The number of hydrogen-bond donors (Lipinski definition) is 0. The Labute approximate surface area is 174 Å². The van der Waals surface area contributed by atoms with Crippen LogP contribution in [0.3, 0.4) is 0 Å². The van der Waals surface area contributed by atoms with E-state index in [4.69, 9.17) is 8.92 Å². The first-order valence-electron chi connectivity index (χ1n) is 8.73. The first-order valence-corrected chi connectivity index (χ1v) is 9.87. The van der Waals surface area contributed by atoms with E-state index in [0.717, 1.165) is 18.9 Å². The van der Waals surface area contributed by atoms with Crippen molar-refractivity contribution in [2.45, 2.75) is 31.3 Å². The van der Waals surface area contributed by atoms with Crippen molar-refractivity contribution < 1.29 is 37.1 Å². The summed E-state index contributed by atoms with van der Waals surface area (Å²) >= 11 is -2.48. The van der Waals surface area contributed by atoms with Crippen LogP contribution in [0.5, 0.6) is 0 Å². The van der Waals surface area contributed by atoms with Crippen LogP contribution in [0.25, 0.3) is 0 Å². The van der Waals surface area contributed by atoms with Crippen LogP contribution in [0.2, 0.25) is 0 Å². The number of likely N-dealkylation sites (tertiary alicyclic amines) is 1. The minimum atomic E-state index is -2.48. The Balaban J connectivity index is 2.04. The van der Waals surface area contributed by atoms with Gasteiger partial charge < -0.3 is 13.8 Å². The van der Waals surface area contributed by atoms with Gasteiger partial charge in [0.2, 0.25) is 11.1 Å². The smallest absolute Gasteiger partial charge is 0.332 e. The molecule has 3 rings (SSSR count). The van der Waals surface area contributed by atoms with Crippen molar-refractivity contribution in [1.29, 1.82) is 0 Å². The highest BCUT2D eigenvalue weighted by molar-refractivity contribution is 7.81. The summed E-state index contributed by atoms with van der Waals surface area (Å²) in [6.45, 7) is 6.12. The lowest BCUT2D eigenvalue weighted by atomic mass is 9.98. The van der Waals surface area contributed by atoms with Gasteiger partial charge in [-0.2, -0.15) is 0 Å². The van der Waals surface area contributed by atoms with Gasteiger partial charge in [-0.05, 0) is 24.6 Å². The van der Waals surface area contributed by atoms with Gasteiger partial charge in [0.1, 0.15) is 0 Å². The molecule has 4 atom stereocenters. The second kappa shape index (κ2) is 7.82. The first-order chi connectivity index (χ1) is 14.1. The Morgan fingerprint density at radius 2 is 1.63 bits per heavy atom. The molecule has 0 spiro atoms. The molecule has 10 nitrogen and oxygen atoms in total. The highest BCUT2D eigenvalue weighted by Crippen LogP contribution is 2.37. The lowest BCUT2D eigenvalue weighted by Crippen LogP contribution is -2.76. The summed E-state index contributed by atoms with van der Waals surface area (Å²) in [4.78, 5) is 63.7. The Bertz CT molecular complexity index is 985. The van der Waals surface area contributed by atoms with E-state index in [1.807, 2.05) is 0 Å². The average molecular weight is 434 g/mol. The second-order valence-electron chi connectivity index (χ2n) is 6.71. The number of carbonyl (C=O) groups is 5. The number of benzene rings is 1. The summed E-state index contributed by atoms with van der Waals surface area (Å²) in [5.41, 5.74) is 0.381. The Hall–Kier alpha value is -3.34. The number of hydrogen-bond acceptors (Lipinski definition) is 8. The molecule has 0 aliphatic carbocycles. The fourth-order valence-electron chi connectivity index (χ4n) is 3.47. The predicted molar refractivity (Wildman–Crippen MR) is 102 cm³/mol. The standard InChI is InChI=1S/C19H18N2O8S/c1-9(2)13(19(26)28-4)21-17(25)14(18(21)30(27)29-10(3)22)20-15(23)11-7-5-6-8-12(11)16(20)24/h5-8,13-14,18H,1H2,2-4H3/t13-,14?,18?,30?/m1/s1. The van der Waals surface area contributed by atoms with E-state index in [1.165, 1.54) is 19.1 Å². The van der Waals surface area contributed by atoms with E-state index in [1.54, 1.807) is 12.1 Å². The minimum absolute atomic E-state index is 0.0928. The van der Waals surface area contributed by atoms with Crippen LogP contribution in [0.15, 0.2) is 36.4 Å². The van der Waals surface area contributed by atoms with Crippen LogP contribution in [0.1, 0.15) is 34.6 Å². The molecule has 3 amide bonds. The van der Waals surface area contributed by atoms with Gasteiger partial charge in [0.15, 0.2) is 17.5 Å². The van der Waals surface area contributed by atoms with Crippen molar-refractivity contribution in [3.63, 3.8) is 0 Å². The molecule has 0 N–H and O–H groups in total. The number of nitrogens with zero attached hydrogens (tertiary/aromatic N) is 2. The molecule has 1 aromatic rings. The summed E-state index contributed by atoms with van der Waals surface area (Å²) < 4.78 is 22.1. The van der Waals surface area contributed by atoms with Crippen molar-refractivity contribution in [2.24, 2.45) is 0 Å². The van der Waals surface area contributed by atoms with E-state index in [2.05, 4.69) is 6.58 Å². The molecule has 0 radical (unpaired) electrons. The van der Waals surface area contributed by atoms with Crippen LogP contribution < -0.4 is 0 Å². The fourth-order valence-corrected chi connectivity index (χ4v) is 4.66. The summed E-state index contributed by atoms with van der Waals surface area (Å²) in [5.74, 6) is -4.08. The van der Waals surface area contributed by atoms with Crippen LogP contribution >= 0.6 is 0 Å². The van der Waals surface area contributed by atoms with Gasteiger partial charge in [-0.15, -0.1) is 0 Å². The molecule has 2 heterocycles. The van der Waals surface area contributed by atoms with Crippen molar-refractivity contribution in [3.05, 3.63) is 47.5 Å². The van der Waals surface area contributed by atoms with Crippen molar-refractivity contribution in [2.75, 3.05) is 7.11 Å². The predicted octanol–water partition coefficient (Wildman–Crippen LogP) is 0.164. The molecule has 0 bridgehead atoms. The lowest BCUT2D eigenvalue weighted by Gasteiger charge is -2.50. The molecule has 0 aromatic heterocycles. The number of carbonyl (C=O) groups excluding carboxylic acids is 5. The monoisotopic (exact) mass is 434 g/mol. The molecule has 3 unspecified atom stereocenters. The van der Waals surface area contributed by atoms with Crippen LogP contribution in [-0.2, 0) is 34.4 Å². The molecule has 1 fully saturated rings.